The Hall–Kier alpha value is -2.87. The SMILES string of the molecule is C=C(C)OC(=O)Cl.C=C(C)OC(=O)Oc1ccc([N+](=O)[O-])cc1. The molecule has 1 aromatic rings. The highest BCUT2D eigenvalue weighted by Crippen LogP contribution is 2.17. The van der Waals surface area contributed by atoms with Crippen LogP contribution in [0.15, 0.2) is 48.9 Å². The van der Waals surface area contributed by atoms with Gasteiger partial charge in [-0.1, -0.05) is 13.2 Å². The van der Waals surface area contributed by atoms with E-state index in [2.05, 4.69) is 22.6 Å². The lowest BCUT2D eigenvalue weighted by Gasteiger charge is -2.03. The summed E-state index contributed by atoms with van der Waals surface area (Å²) in [6, 6.07) is 5.06. The van der Waals surface area contributed by atoms with Gasteiger partial charge in [-0.15, -0.1) is 0 Å². The molecule has 0 spiro atoms. The summed E-state index contributed by atoms with van der Waals surface area (Å²) < 4.78 is 13.4. The molecule has 8 nitrogen and oxygen atoms in total. The standard InChI is InChI=1S/C10H9NO5.C4H5ClO2/c1-7(2)15-10(12)16-9-5-3-8(4-6-9)11(13)14;1-3(2)7-4(5)6/h3-6H,1H2,2H3;1H2,2H3. The molecule has 0 aliphatic carbocycles. The molecule has 1 rings (SSSR count). The molecular formula is C14H14ClNO7. The average Bonchev–Trinajstić information content (AvgIpc) is 2.37. The number of carbonyl (C=O) groups excluding carboxylic acids is 2. The molecule has 0 aliphatic rings. The minimum absolute atomic E-state index is 0.0828. The number of ether oxygens (including phenoxy) is 3. The van der Waals surface area contributed by atoms with Crippen molar-refractivity contribution in [1.29, 1.82) is 0 Å². The molecule has 0 aromatic heterocycles. The number of nitrogens with zero attached hydrogens (tertiary/aromatic N) is 1. The smallest absolute Gasteiger partial charge is 0.420 e. The van der Waals surface area contributed by atoms with Gasteiger partial charge in [0.1, 0.15) is 11.5 Å². The number of carbonyl (C=O) groups is 2. The summed E-state index contributed by atoms with van der Waals surface area (Å²) in [6.07, 6.45) is -0.929. The van der Waals surface area contributed by atoms with Crippen LogP contribution in [-0.2, 0) is 9.47 Å². The number of non-ortho nitro benzene ring substituents is 1. The van der Waals surface area contributed by atoms with Gasteiger partial charge in [-0.2, -0.15) is 0 Å². The first-order chi connectivity index (χ1) is 10.6. The van der Waals surface area contributed by atoms with Crippen LogP contribution in [0.25, 0.3) is 0 Å². The molecule has 0 N–H and O–H groups in total. The highest BCUT2D eigenvalue weighted by atomic mass is 35.5. The van der Waals surface area contributed by atoms with E-state index in [0.29, 0.717) is 5.76 Å². The van der Waals surface area contributed by atoms with E-state index >= 15 is 0 Å². The molecule has 0 amide bonds. The van der Waals surface area contributed by atoms with Gasteiger partial charge in [-0.25, -0.2) is 9.59 Å². The van der Waals surface area contributed by atoms with Crippen LogP contribution in [0.1, 0.15) is 13.8 Å². The zero-order chi connectivity index (χ0) is 18.0. The number of hydrogen-bond acceptors (Lipinski definition) is 7. The van der Waals surface area contributed by atoms with E-state index in [1.54, 1.807) is 6.92 Å². The van der Waals surface area contributed by atoms with E-state index in [0.717, 1.165) is 0 Å². The van der Waals surface area contributed by atoms with Crippen molar-refractivity contribution < 1.29 is 28.7 Å². The number of nitro benzene ring substituents is 1. The highest BCUT2D eigenvalue weighted by molar-refractivity contribution is 6.61. The monoisotopic (exact) mass is 343 g/mol. The van der Waals surface area contributed by atoms with Crippen LogP contribution in [0.2, 0.25) is 0 Å². The number of halogens is 1. The summed E-state index contributed by atoms with van der Waals surface area (Å²) >= 11 is 4.75. The molecule has 0 aliphatic heterocycles. The van der Waals surface area contributed by atoms with Crippen molar-refractivity contribution in [2.24, 2.45) is 0 Å². The van der Waals surface area contributed by atoms with Crippen LogP contribution in [0.5, 0.6) is 5.75 Å². The lowest BCUT2D eigenvalue weighted by atomic mass is 10.3. The molecular weight excluding hydrogens is 330 g/mol. The van der Waals surface area contributed by atoms with Gasteiger partial charge < -0.3 is 14.2 Å². The van der Waals surface area contributed by atoms with Crippen molar-refractivity contribution in [3.05, 3.63) is 59.1 Å². The lowest BCUT2D eigenvalue weighted by Crippen LogP contribution is -2.08. The summed E-state index contributed by atoms with van der Waals surface area (Å²) in [6.45, 7) is 9.67. The molecule has 0 fully saturated rings. The summed E-state index contributed by atoms with van der Waals surface area (Å²) in [7, 11) is 0. The predicted octanol–water partition coefficient (Wildman–Crippen LogP) is 4.54. The Morgan fingerprint density at radius 1 is 1.09 bits per heavy atom. The number of hydrogen-bond donors (Lipinski definition) is 0. The Bertz CT molecular complexity index is 598. The van der Waals surface area contributed by atoms with Crippen molar-refractivity contribution in [2.75, 3.05) is 0 Å². The van der Waals surface area contributed by atoms with E-state index in [9.17, 15) is 19.7 Å². The number of allylic oxidation sites excluding steroid dienone is 2. The quantitative estimate of drug-likeness (QED) is 0.197. The van der Waals surface area contributed by atoms with Crippen LogP contribution in [0.3, 0.4) is 0 Å². The molecule has 0 heterocycles. The third kappa shape index (κ3) is 10.5. The van der Waals surface area contributed by atoms with Crippen molar-refractivity contribution in [3.63, 3.8) is 0 Å². The molecule has 0 atom stereocenters. The molecule has 0 unspecified atom stereocenters. The zero-order valence-corrected chi connectivity index (χ0v) is 13.2. The Labute approximate surface area is 137 Å². The van der Waals surface area contributed by atoms with Crippen molar-refractivity contribution in [1.82, 2.24) is 0 Å². The number of nitro groups is 1. The van der Waals surface area contributed by atoms with E-state index in [1.807, 2.05) is 0 Å². The minimum Gasteiger partial charge on any atom is -0.420 e. The summed E-state index contributed by atoms with van der Waals surface area (Å²) in [5.74, 6) is 0.670. The van der Waals surface area contributed by atoms with Gasteiger partial charge in [-0.3, -0.25) is 10.1 Å². The minimum atomic E-state index is -0.929. The Balaban J connectivity index is 0.000000585. The molecule has 0 bridgehead atoms. The maximum atomic E-state index is 11.0. The first kappa shape index (κ1) is 20.1. The Kier molecular flexibility index (Phi) is 8.71. The lowest BCUT2D eigenvalue weighted by molar-refractivity contribution is -0.384. The molecule has 0 saturated heterocycles. The number of rotatable bonds is 4. The van der Waals surface area contributed by atoms with E-state index in [4.69, 9.17) is 16.3 Å². The van der Waals surface area contributed by atoms with Crippen molar-refractivity contribution in [3.8, 4) is 5.75 Å². The molecule has 23 heavy (non-hydrogen) atoms. The second kappa shape index (κ2) is 9.96. The Morgan fingerprint density at radius 2 is 1.57 bits per heavy atom. The largest absolute Gasteiger partial charge is 0.519 e. The van der Waals surface area contributed by atoms with Crippen LogP contribution in [0.4, 0.5) is 15.3 Å². The van der Waals surface area contributed by atoms with Gasteiger partial charge in [0.15, 0.2) is 0 Å². The molecule has 0 saturated carbocycles. The second-order valence-corrected chi connectivity index (χ2v) is 4.26. The van der Waals surface area contributed by atoms with E-state index in [1.165, 1.54) is 31.2 Å². The zero-order valence-electron chi connectivity index (χ0n) is 12.4. The molecule has 1 aromatic carbocycles. The fraction of sp³-hybridized carbons (Fsp3) is 0.143. The maximum Gasteiger partial charge on any atom is 0.519 e. The van der Waals surface area contributed by atoms with Crippen LogP contribution in [-0.4, -0.2) is 16.5 Å². The summed E-state index contributed by atoms with van der Waals surface area (Å²) in [5.41, 5.74) is -0.923. The normalized spacial score (nSPS) is 8.83. The summed E-state index contributed by atoms with van der Waals surface area (Å²) in [5, 5.41) is 10.3. The third-order valence-corrected chi connectivity index (χ3v) is 1.84. The fourth-order valence-electron chi connectivity index (χ4n) is 1.03. The Morgan fingerprint density at radius 3 is 1.87 bits per heavy atom. The second-order valence-electron chi connectivity index (χ2n) is 3.95. The fourth-order valence-corrected chi connectivity index (χ4v) is 1.16. The van der Waals surface area contributed by atoms with Crippen LogP contribution in [0, 0.1) is 10.1 Å². The first-order valence-electron chi connectivity index (χ1n) is 5.94. The predicted molar refractivity (Wildman–Crippen MR) is 82.2 cm³/mol. The molecule has 9 heteroatoms. The van der Waals surface area contributed by atoms with Crippen molar-refractivity contribution >= 4 is 28.9 Å². The third-order valence-electron chi connectivity index (χ3n) is 1.76. The average molecular weight is 344 g/mol. The molecule has 0 radical (unpaired) electrons. The topological polar surface area (TPSA) is 105 Å². The van der Waals surface area contributed by atoms with E-state index < -0.39 is 16.5 Å². The van der Waals surface area contributed by atoms with Gasteiger partial charge >= 0.3 is 11.6 Å². The van der Waals surface area contributed by atoms with E-state index in [-0.39, 0.29) is 17.2 Å². The van der Waals surface area contributed by atoms with Gasteiger partial charge in [0, 0.05) is 23.7 Å². The van der Waals surface area contributed by atoms with Gasteiger partial charge in [0.2, 0.25) is 0 Å². The van der Waals surface area contributed by atoms with Gasteiger partial charge in [-0.05, 0) is 26.0 Å². The molecule has 124 valence electrons. The maximum absolute atomic E-state index is 11.0. The van der Waals surface area contributed by atoms with Crippen LogP contribution >= 0.6 is 11.6 Å². The highest BCUT2D eigenvalue weighted by Gasteiger charge is 2.09. The van der Waals surface area contributed by atoms with Crippen LogP contribution < -0.4 is 4.74 Å². The van der Waals surface area contributed by atoms with Crippen molar-refractivity contribution in [2.45, 2.75) is 13.8 Å². The van der Waals surface area contributed by atoms with Gasteiger partial charge in [0.25, 0.3) is 5.69 Å². The number of benzene rings is 1. The van der Waals surface area contributed by atoms with Gasteiger partial charge in [0.05, 0.1) is 10.7 Å². The summed E-state index contributed by atoms with van der Waals surface area (Å²) in [4.78, 5) is 30.5. The first-order valence-corrected chi connectivity index (χ1v) is 6.32.